The lowest BCUT2D eigenvalue weighted by molar-refractivity contribution is 0.0688. The number of carbonyl (C=O) groups is 1. The number of piperidine rings is 1. The highest BCUT2D eigenvalue weighted by molar-refractivity contribution is 5.95. The highest BCUT2D eigenvalue weighted by atomic mass is 16.5. The Kier molecular flexibility index (Phi) is 5.60. The summed E-state index contributed by atoms with van der Waals surface area (Å²) in [5.74, 6) is 1.65. The molecule has 2 aromatic carbocycles. The van der Waals surface area contributed by atoms with E-state index in [0.29, 0.717) is 36.1 Å². The molecule has 1 aliphatic rings. The van der Waals surface area contributed by atoms with Crippen LogP contribution in [0.3, 0.4) is 0 Å². The van der Waals surface area contributed by atoms with Crippen molar-refractivity contribution in [1.82, 2.24) is 30.0 Å². The smallest absolute Gasteiger partial charge is 0.280 e. The first-order chi connectivity index (χ1) is 16.1. The molecule has 1 saturated heterocycles. The van der Waals surface area contributed by atoms with Crippen LogP contribution in [0, 0.1) is 6.92 Å². The molecule has 0 atom stereocenters. The summed E-state index contributed by atoms with van der Waals surface area (Å²) in [5.41, 5.74) is 3.04. The Balaban J connectivity index is 1.24. The second kappa shape index (κ2) is 8.85. The molecule has 5 rings (SSSR count). The van der Waals surface area contributed by atoms with E-state index in [1.165, 1.54) is 0 Å². The highest BCUT2D eigenvalue weighted by Crippen LogP contribution is 2.27. The Morgan fingerprint density at radius 2 is 1.91 bits per heavy atom. The maximum atomic E-state index is 13.0. The van der Waals surface area contributed by atoms with Gasteiger partial charge in [-0.25, -0.2) is 4.68 Å². The van der Waals surface area contributed by atoms with Gasteiger partial charge in [-0.15, -0.1) is 5.10 Å². The van der Waals surface area contributed by atoms with Crippen molar-refractivity contribution >= 4 is 5.91 Å². The van der Waals surface area contributed by atoms with Gasteiger partial charge in [-0.1, -0.05) is 40.7 Å². The van der Waals surface area contributed by atoms with Crippen LogP contribution in [-0.2, 0) is 0 Å². The Morgan fingerprint density at radius 1 is 1.12 bits per heavy atom. The largest absolute Gasteiger partial charge is 0.497 e. The van der Waals surface area contributed by atoms with Gasteiger partial charge < -0.3 is 14.2 Å². The van der Waals surface area contributed by atoms with Gasteiger partial charge in [0.15, 0.2) is 5.69 Å². The zero-order chi connectivity index (χ0) is 22.8. The summed E-state index contributed by atoms with van der Waals surface area (Å²) in [5, 5.41) is 12.5. The molecule has 1 amide bonds. The molecule has 0 radical (unpaired) electrons. The third-order valence-corrected chi connectivity index (χ3v) is 5.98. The average molecular weight is 444 g/mol. The number of rotatable bonds is 5. The molecule has 0 bridgehead atoms. The van der Waals surface area contributed by atoms with Crippen molar-refractivity contribution in [3.8, 4) is 28.7 Å². The first kappa shape index (κ1) is 20.9. The number of likely N-dealkylation sites (tertiary alicyclic amines) is 1. The van der Waals surface area contributed by atoms with E-state index in [4.69, 9.17) is 9.26 Å². The topological polar surface area (TPSA) is 99.2 Å². The summed E-state index contributed by atoms with van der Waals surface area (Å²) in [6.45, 7) is 3.24. The minimum absolute atomic E-state index is 0.0483. The quantitative estimate of drug-likeness (QED) is 0.462. The average Bonchev–Trinajstić information content (AvgIpc) is 3.54. The number of hydrogen-bond donors (Lipinski definition) is 0. The van der Waals surface area contributed by atoms with Gasteiger partial charge in [0, 0.05) is 24.2 Å². The highest BCUT2D eigenvalue weighted by Gasteiger charge is 2.27. The maximum Gasteiger partial charge on any atom is 0.280 e. The molecule has 9 heteroatoms. The number of hydrogen-bond acceptors (Lipinski definition) is 7. The molecule has 0 unspecified atom stereocenters. The van der Waals surface area contributed by atoms with Crippen molar-refractivity contribution in [2.24, 2.45) is 0 Å². The van der Waals surface area contributed by atoms with Crippen LogP contribution in [0.5, 0.6) is 5.75 Å². The van der Waals surface area contributed by atoms with Crippen molar-refractivity contribution in [3.63, 3.8) is 0 Å². The zero-order valence-electron chi connectivity index (χ0n) is 18.5. The summed E-state index contributed by atoms with van der Waals surface area (Å²) < 4.78 is 12.5. The molecule has 0 N–H and O–H groups in total. The summed E-state index contributed by atoms with van der Waals surface area (Å²) in [6.07, 6.45) is 3.42. The molecular weight excluding hydrogens is 420 g/mol. The fourth-order valence-corrected chi connectivity index (χ4v) is 4.09. The Bertz CT molecular complexity index is 1260. The molecule has 3 heterocycles. The number of amides is 1. The number of ether oxygens (including phenoxy) is 1. The lowest BCUT2D eigenvalue weighted by Gasteiger charge is -2.32. The summed E-state index contributed by atoms with van der Waals surface area (Å²) in [4.78, 5) is 19.3. The van der Waals surface area contributed by atoms with E-state index in [-0.39, 0.29) is 11.9 Å². The number of aryl methyl sites for hydroxylation is 1. The van der Waals surface area contributed by atoms with Gasteiger partial charge in [-0.05, 0) is 43.5 Å². The van der Waals surface area contributed by atoms with Gasteiger partial charge in [0.05, 0.1) is 19.3 Å². The van der Waals surface area contributed by atoms with E-state index >= 15 is 0 Å². The molecule has 0 saturated carbocycles. The van der Waals surface area contributed by atoms with Crippen LogP contribution in [0.15, 0.2) is 59.3 Å². The monoisotopic (exact) mass is 444 g/mol. The summed E-state index contributed by atoms with van der Waals surface area (Å²) in [7, 11) is 1.62. The lowest BCUT2D eigenvalue weighted by atomic mass is 10.0. The van der Waals surface area contributed by atoms with Gasteiger partial charge in [-0.3, -0.25) is 4.79 Å². The van der Waals surface area contributed by atoms with Gasteiger partial charge in [0.2, 0.25) is 5.82 Å². The summed E-state index contributed by atoms with van der Waals surface area (Å²) in [6, 6.07) is 15.3. The van der Waals surface area contributed by atoms with Gasteiger partial charge in [0.25, 0.3) is 11.8 Å². The molecular formula is C24H24N6O3. The normalized spacial score (nSPS) is 14.4. The van der Waals surface area contributed by atoms with Crippen LogP contribution in [0.25, 0.3) is 23.0 Å². The van der Waals surface area contributed by atoms with Crippen LogP contribution in [0.2, 0.25) is 0 Å². The Labute approximate surface area is 191 Å². The van der Waals surface area contributed by atoms with Crippen LogP contribution < -0.4 is 4.74 Å². The van der Waals surface area contributed by atoms with Gasteiger partial charge >= 0.3 is 0 Å². The molecule has 4 aromatic rings. The fraction of sp³-hybridized carbons (Fsp3) is 0.292. The van der Waals surface area contributed by atoms with E-state index < -0.39 is 0 Å². The molecule has 2 aromatic heterocycles. The van der Waals surface area contributed by atoms with Crippen molar-refractivity contribution < 1.29 is 14.1 Å². The third kappa shape index (κ3) is 4.21. The van der Waals surface area contributed by atoms with E-state index in [1.807, 2.05) is 71.2 Å². The fourth-order valence-electron chi connectivity index (χ4n) is 4.09. The van der Waals surface area contributed by atoms with Crippen LogP contribution in [0.1, 0.15) is 34.8 Å². The molecule has 0 spiro atoms. The Hall–Kier alpha value is -4.01. The lowest BCUT2D eigenvalue weighted by Crippen LogP contribution is -2.39. The second-order valence-electron chi connectivity index (χ2n) is 8.08. The number of benzene rings is 2. The minimum atomic E-state index is 0.0483. The van der Waals surface area contributed by atoms with E-state index in [9.17, 15) is 4.79 Å². The minimum Gasteiger partial charge on any atom is -0.497 e. The molecule has 1 aliphatic heterocycles. The first-order valence-electron chi connectivity index (χ1n) is 10.9. The van der Waals surface area contributed by atoms with Crippen molar-refractivity contribution in [3.05, 3.63) is 65.9 Å². The van der Waals surface area contributed by atoms with Crippen molar-refractivity contribution in [2.45, 2.75) is 25.8 Å². The second-order valence-corrected chi connectivity index (χ2v) is 8.08. The van der Waals surface area contributed by atoms with Crippen LogP contribution >= 0.6 is 0 Å². The first-order valence-corrected chi connectivity index (χ1v) is 10.9. The molecule has 9 nitrogen and oxygen atoms in total. The molecule has 1 fully saturated rings. The zero-order valence-corrected chi connectivity index (χ0v) is 18.5. The predicted octanol–water partition coefficient (Wildman–Crippen LogP) is 3.79. The number of carbonyl (C=O) groups excluding carboxylic acids is 1. The van der Waals surface area contributed by atoms with Crippen molar-refractivity contribution in [1.29, 1.82) is 0 Å². The summed E-state index contributed by atoms with van der Waals surface area (Å²) >= 11 is 0. The van der Waals surface area contributed by atoms with E-state index in [0.717, 1.165) is 29.7 Å². The van der Waals surface area contributed by atoms with Crippen molar-refractivity contribution in [2.75, 3.05) is 20.2 Å². The van der Waals surface area contributed by atoms with Crippen LogP contribution in [0.4, 0.5) is 0 Å². The van der Waals surface area contributed by atoms with Gasteiger partial charge in [0.1, 0.15) is 5.75 Å². The molecule has 33 heavy (non-hydrogen) atoms. The Morgan fingerprint density at radius 3 is 2.64 bits per heavy atom. The molecule has 168 valence electrons. The predicted molar refractivity (Wildman–Crippen MR) is 121 cm³/mol. The number of aromatic nitrogens is 5. The number of nitrogens with zero attached hydrogens (tertiary/aromatic N) is 6. The van der Waals surface area contributed by atoms with E-state index in [2.05, 4.69) is 20.5 Å². The van der Waals surface area contributed by atoms with Gasteiger partial charge in [-0.2, -0.15) is 4.98 Å². The molecule has 0 aliphatic carbocycles. The third-order valence-electron chi connectivity index (χ3n) is 5.98. The van der Waals surface area contributed by atoms with E-state index in [1.54, 1.807) is 7.11 Å². The number of methoxy groups -OCH3 is 1. The SMILES string of the molecule is COc1ccc(C(=O)N2CCC(n3cc(-c4nc(-c5ccccc5)no4)nn3)CC2)c(C)c1. The van der Waals surface area contributed by atoms with Crippen LogP contribution in [-0.4, -0.2) is 56.1 Å². The maximum absolute atomic E-state index is 13.0. The standard InChI is InChI=1S/C24H24N6O3/c1-16-14-19(32-2)8-9-20(16)24(31)29-12-10-18(11-13-29)30-15-21(26-28-30)23-25-22(27-33-23)17-6-4-3-5-7-17/h3-9,14-15,18H,10-13H2,1-2H3.